The van der Waals surface area contributed by atoms with E-state index in [1.165, 1.54) is 0 Å². The van der Waals surface area contributed by atoms with E-state index in [0.717, 1.165) is 16.5 Å². The Morgan fingerprint density at radius 2 is 1.88 bits per heavy atom. The predicted octanol–water partition coefficient (Wildman–Crippen LogP) is 3.84. The molecule has 0 aliphatic carbocycles. The summed E-state index contributed by atoms with van der Waals surface area (Å²) in [4.78, 5) is 22.9. The SMILES string of the molecule is O=C1NC(=Cc2ccc3oc(C(O)c4ccccc4)cc3c2)C(=O)S1. The quantitative estimate of drug-likeness (QED) is 0.701. The lowest BCUT2D eigenvalue weighted by atomic mass is 10.1. The molecule has 2 heterocycles. The molecule has 1 amide bonds. The van der Waals surface area contributed by atoms with Gasteiger partial charge in [-0.15, -0.1) is 0 Å². The second kappa shape index (κ2) is 6.23. The maximum absolute atomic E-state index is 11.7. The Balaban J connectivity index is 1.67. The number of carbonyl (C=O) groups excluding carboxylic acids is 2. The van der Waals surface area contributed by atoms with Crippen molar-refractivity contribution in [3.8, 4) is 0 Å². The zero-order valence-electron chi connectivity index (χ0n) is 12.9. The van der Waals surface area contributed by atoms with Gasteiger partial charge in [-0.05, 0) is 35.4 Å². The maximum atomic E-state index is 11.7. The second-order valence-corrected chi connectivity index (χ2v) is 6.56. The Hall–Kier alpha value is -2.83. The van der Waals surface area contributed by atoms with Crippen molar-refractivity contribution in [3.05, 3.63) is 77.2 Å². The van der Waals surface area contributed by atoms with E-state index in [2.05, 4.69) is 5.32 Å². The number of benzene rings is 2. The molecule has 0 bridgehead atoms. The van der Waals surface area contributed by atoms with Crippen LogP contribution in [0.5, 0.6) is 0 Å². The van der Waals surface area contributed by atoms with Gasteiger partial charge in [-0.3, -0.25) is 9.59 Å². The molecule has 4 rings (SSSR count). The van der Waals surface area contributed by atoms with Crippen LogP contribution in [-0.4, -0.2) is 15.5 Å². The number of hydrogen-bond donors (Lipinski definition) is 2. The predicted molar refractivity (Wildman–Crippen MR) is 95.8 cm³/mol. The Kier molecular flexibility index (Phi) is 3.91. The number of aliphatic hydroxyl groups is 1. The highest BCUT2D eigenvalue weighted by Gasteiger charge is 2.25. The van der Waals surface area contributed by atoms with Gasteiger partial charge in [0.05, 0.1) is 5.70 Å². The Morgan fingerprint density at radius 3 is 2.60 bits per heavy atom. The minimum Gasteiger partial charge on any atom is -0.458 e. The lowest BCUT2D eigenvalue weighted by Crippen LogP contribution is -2.10. The van der Waals surface area contributed by atoms with Crippen molar-refractivity contribution in [2.75, 3.05) is 0 Å². The van der Waals surface area contributed by atoms with Gasteiger partial charge in [-0.25, -0.2) is 0 Å². The monoisotopic (exact) mass is 351 g/mol. The van der Waals surface area contributed by atoms with Crippen LogP contribution in [0.4, 0.5) is 4.79 Å². The molecule has 0 spiro atoms. The molecule has 2 aromatic carbocycles. The Labute approximate surface area is 147 Å². The topological polar surface area (TPSA) is 79.5 Å². The third kappa shape index (κ3) is 3.09. The number of hydrogen-bond acceptors (Lipinski definition) is 5. The number of fused-ring (bicyclic) bond motifs is 1. The highest BCUT2D eigenvalue weighted by Crippen LogP contribution is 2.29. The fourth-order valence-electron chi connectivity index (χ4n) is 2.69. The summed E-state index contributed by atoms with van der Waals surface area (Å²) in [6, 6.07) is 16.5. The van der Waals surface area contributed by atoms with Crippen LogP contribution < -0.4 is 5.32 Å². The number of aliphatic hydroxyl groups excluding tert-OH is 1. The lowest BCUT2D eigenvalue weighted by molar-refractivity contribution is -0.107. The van der Waals surface area contributed by atoms with Crippen LogP contribution in [0.15, 0.2) is 64.7 Å². The number of rotatable bonds is 3. The van der Waals surface area contributed by atoms with Crippen LogP contribution in [0.2, 0.25) is 0 Å². The minimum atomic E-state index is -0.845. The highest BCUT2D eigenvalue weighted by molar-refractivity contribution is 8.27. The van der Waals surface area contributed by atoms with Crippen molar-refractivity contribution in [2.45, 2.75) is 6.10 Å². The molecule has 1 aromatic heterocycles. The molecule has 1 atom stereocenters. The van der Waals surface area contributed by atoms with Gasteiger partial charge in [-0.1, -0.05) is 36.4 Å². The van der Waals surface area contributed by atoms with Gasteiger partial charge >= 0.3 is 0 Å². The molecule has 1 saturated heterocycles. The van der Waals surface area contributed by atoms with E-state index in [9.17, 15) is 14.7 Å². The summed E-state index contributed by atoms with van der Waals surface area (Å²) in [6.07, 6.45) is 0.780. The van der Waals surface area contributed by atoms with Crippen LogP contribution >= 0.6 is 11.8 Å². The number of nitrogens with one attached hydrogen (secondary N) is 1. The molecule has 2 N–H and O–H groups in total. The van der Waals surface area contributed by atoms with Gasteiger partial charge in [0.15, 0.2) is 0 Å². The van der Waals surface area contributed by atoms with Crippen molar-refractivity contribution in [1.82, 2.24) is 5.32 Å². The third-order valence-electron chi connectivity index (χ3n) is 3.90. The molecule has 5 nitrogen and oxygen atoms in total. The largest absolute Gasteiger partial charge is 0.458 e. The summed E-state index contributed by atoms with van der Waals surface area (Å²) in [5, 5.41) is 13.1. The van der Waals surface area contributed by atoms with E-state index in [-0.39, 0.29) is 16.1 Å². The molecule has 124 valence electrons. The molecule has 1 aliphatic heterocycles. The molecule has 25 heavy (non-hydrogen) atoms. The van der Waals surface area contributed by atoms with E-state index in [1.54, 1.807) is 24.3 Å². The van der Waals surface area contributed by atoms with E-state index >= 15 is 0 Å². The Bertz CT molecular complexity index is 1010. The fraction of sp³-hybridized carbons (Fsp3) is 0.0526. The van der Waals surface area contributed by atoms with E-state index in [4.69, 9.17) is 4.42 Å². The van der Waals surface area contributed by atoms with Crippen molar-refractivity contribution < 1.29 is 19.1 Å². The molecule has 0 radical (unpaired) electrons. The first-order valence-corrected chi connectivity index (χ1v) is 8.43. The van der Waals surface area contributed by atoms with Gasteiger partial charge in [0.2, 0.25) is 5.12 Å². The highest BCUT2D eigenvalue weighted by atomic mass is 32.2. The summed E-state index contributed by atoms with van der Waals surface area (Å²) in [5.41, 5.74) is 2.42. The summed E-state index contributed by atoms with van der Waals surface area (Å²) in [6.45, 7) is 0. The van der Waals surface area contributed by atoms with Crippen LogP contribution in [0.25, 0.3) is 17.0 Å². The van der Waals surface area contributed by atoms with Crippen LogP contribution in [0.3, 0.4) is 0 Å². The van der Waals surface area contributed by atoms with Crippen molar-refractivity contribution in [3.63, 3.8) is 0 Å². The third-order valence-corrected chi connectivity index (χ3v) is 4.59. The zero-order chi connectivity index (χ0) is 17.4. The summed E-state index contributed by atoms with van der Waals surface area (Å²) >= 11 is 0.648. The number of thioether (sulfide) groups is 1. The normalized spacial score (nSPS) is 17.2. The average molecular weight is 351 g/mol. The molecule has 0 saturated carbocycles. The Morgan fingerprint density at radius 1 is 1.08 bits per heavy atom. The minimum absolute atomic E-state index is 0.266. The summed E-state index contributed by atoms with van der Waals surface area (Å²) in [5.74, 6) is 0.451. The maximum Gasteiger partial charge on any atom is 0.291 e. The standard InChI is InChI=1S/C19H13NO4S/c21-17(12-4-2-1-3-5-12)16-10-13-8-11(6-7-15(13)24-16)9-14-18(22)25-19(23)20-14/h1-10,17,21H,(H,20,23). The van der Waals surface area contributed by atoms with Gasteiger partial charge in [0.1, 0.15) is 17.4 Å². The first kappa shape index (κ1) is 15.7. The van der Waals surface area contributed by atoms with Crippen LogP contribution in [-0.2, 0) is 4.79 Å². The van der Waals surface area contributed by atoms with Crippen molar-refractivity contribution >= 4 is 39.2 Å². The van der Waals surface area contributed by atoms with Gasteiger partial charge in [-0.2, -0.15) is 0 Å². The summed E-state index contributed by atoms with van der Waals surface area (Å²) < 4.78 is 5.74. The van der Waals surface area contributed by atoms with E-state index < -0.39 is 6.10 Å². The van der Waals surface area contributed by atoms with Gasteiger partial charge < -0.3 is 14.8 Å². The van der Waals surface area contributed by atoms with E-state index in [0.29, 0.717) is 23.1 Å². The molecule has 1 fully saturated rings. The number of carbonyl (C=O) groups is 2. The number of amides is 1. The van der Waals surface area contributed by atoms with Gasteiger partial charge in [0.25, 0.3) is 5.24 Å². The zero-order valence-corrected chi connectivity index (χ0v) is 13.7. The second-order valence-electron chi connectivity index (χ2n) is 5.62. The van der Waals surface area contributed by atoms with Crippen LogP contribution in [0, 0.1) is 0 Å². The first-order valence-electron chi connectivity index (χ1n) is 7.61. The molecule has 1 unspecified atom stereocenters. The fourth-order valence-corrected chi connectivity index (χ4v) is 3.24. The molecular formula is C19H13NO4S. The summed E-state index contributed by atoms with van der Waals surface area (Å²) in [7, 11) is 0. The lowest BCUT2D eigenvalue weighted by Gasteiger charge is -2.06. The molecular weight excluding hydrogens is 338 g/mol. The van der Waals surface area contributed by atoms with Crippen molar-refractivity contribution in [2.24, 2.45) is 0 Å². The average Bonchev–Trinajstić information content (AvgIpc) is 3.17. The first-order chi connectivity index (χ1) is 12.1. The molecule has 6 heteroatoms. The molecule has 3 aromatic rings. The van der Waals surface area contributed by atoms with E-state index in [1.807, 2.05) is 36.4 Å². The van der Waals surface area contributed by atoms with Gasteiger partial charge in [0, 0.05) is 17.1 Å². The molecule has 1 aliphatic rings. The number of furan rings is 1. The van der Waals surface area contributed by atoms with Crippen molar-refractivity contribution in [1.29, 1.82) is 0 Å². The van der Waals surface area contributed by atoms with Crippen LogP contribution in [0.1, 0.15) is 23.0 Å². The smallest absolute Gasteiger partial charge is 0.291 e.